The van der Waals surface area contributed by atoms with E-state index in [1.807, 2.05) is 24.1 Å². The van der Waals surface area contributed by atoms with E-state index in [4.69, 9.17) is 27.7 Å². The van der Waals surface area contributed by atoms with Crippen molar-refractivity contribution in [3.63, 3.8) is 0 Å². The zero-order valence-electron chi connectivity index (χ0n) is 15.4. The Morgan fingerprint density at radius 2 is 2.07 bits per heavy atom. The Hall–Kier alpha value is -2.31. The molecule has 4 rings (SSSR count). The van der Waals surface area contributed by atoms with Crippen LogP contribution in [0.5, 0.6) is 0 Å². The van der Waals surface area contributed by atoms with E-state index in [-0.39, 0.29) is 17.6 Å². The highest BCUT2D eigenvalue weighted by Crippen LogP contribution is 2.35. The second-order valence-corrected chi connectivity index (χ2v) is 7.80. The van der Waals surface area contributed by atoms with Crippen LogP contribution in [0, 0.1) is 0 Å². The van der Waals surface area contributed by atoms with E-state index in [1.54, 1.807) is 29.1 Å². The molecule has 1 fully saturated rings. The molecule has 3 heterocycles. The molecule has 1 amide bonds. The van der Waals surface area contributed by atoms with E-state index in [1.165, 1.54) is 0 Å². The van der Waals surface area contributed by atoms with Gasteiger partial charge in [0.15, 0.2) is 11.5 Å². The predicted molar refractivity (Wildman–Crippen MR) is 107 cm³/mol. The fourth-order valence-electron chi connectivity index (χ4n) is 3.73. The summed E-state index contributed by atoms with van der Waals surface area (Å²) in [6.07, 6.45) is 5.50. The fraction of sp³-hybridized carbons (Fsp3) is 0.350. The summed E-state index contributed by atoms with van der Waals surface area (Å²) in [6.45, 7) is 0.643. The number of hydrogen-bond donors (Lipinski definition) is 0. The van der Waals surface area contributed by atoms with E-state index < -0.39 is 0 Å². The number of halogens is 2. The summed E-state index contributed by atoms with van der Waals surface area (Å²) in [4.78, 5) is 15.1. The molecule has 0 aliphatic carbocycles. The van der Waals surface area contributed by atoms with Crippen molar-refractivity contribution in [2.75, 3.05) is 6.54 Å². The Balaban J connectivity index is 1.65. The highest BCUT2D eigenvalue weighted by Gasteiger charge is 2.32. The van der Waals surface area contributed by atoms with E-state index in [9.17, 15) is 4.79 Å². The molecule has 0 bridgehead atoms. The van der Waals surface area contributed by atoms with Crippen LogP contribution in [0.2, 0.25) is 10.0 Å². The van der Waals surface area contributed by atoms with E-state index >= 15 is 0 Å². The molecular weight excluding hydrogens is 399 g/mol. The first-order valence-corrected chi connectivity index (χ1v) is 10.0. The molecule has 1 unspecified atom stereocenters. The average Bonchev–Trinajstić information content (AvgIpc) is 3.22. The zero-order chi connectivity index (χ0) is 19.7. The molecule has 6 nitrogen and oxygen atoms in total. The number of aryl methyl sites for hydroxylation is 1. The van der Waals surface area contributed by atoms with E-state index in [2.05, 4.69) is 10.3 Å². The van der Waals surface area contributed by atoms with Crippen molar-refractivity contribution >= 4 is 29.1 Å². The minimum Gasteiger partial charge on any atom is -0.355 e. The van der Waals surface area contributed by atoms with Gasteiger partial charge in [0.1, 0.15) is 0 Å². The smallest absolute Gasteiger partial charge is 0.276 e. The van der Waals surface area contributed by atoms with Gasteiger partial charge in [0.2, 0.25) is 0 Å². The zero-order valence-corrected chi connectivity index (χ0v) is 17.0. The van der Waals surface area contributed by atoms with Crippen LogP contribution in [0.4, 0.5) is 0 Å². The number of nitrogens with zero attached hydrogens (tertiary/aromatic N) is 4. The largest absolute Gasteiger partial charge is 0.355 e. The van der Waals surface area contributed by atoms with Crippen LogP contribution in [-0.4, -0.2) is 32.3 Å². The third kappa shape index (κ3) is 3.66. The van der Waals surface area contributed by atoms with Crippen LogP contribution in [-0.2, 0) is 7.05 Å². The number of rotatable bonds is 3. The van der Waals surface area contributed by atoms with Crippen LogP contribution < -0.4 is 0 Å². The average molecular weight is 419 g/mol. The van der Waals surface area contributed by atoms with Crippen LogP contribution >= 0.6 is 23.2 Å². The first kappa shape index (κ1) is 19.0. The lowest BCUT2D eigenvalue weighted by atomic mass is 10.1. The lowest BCUT2D eigenvalue weighted by Crippen LogP contribution is -2.36. The number of amides is 1. The second-order valence-electron chi connectivity index (χ2n) is 6.95. The fourth-order valence-corrected chi connectivity index (χ4v) is 4.21. The Morgan fingerprint density at radius 1 is 1.21 bits per heavy atom. The van der Waals surface area contributed by atoms with Gasteiger partial charge in [-0.1, -0.05) is 53.3 Å². The number of likely N-dealkylation sites (tertiary alicyclic amines) is 1. The second kappa shape index (κ2) is 7.97. The summed E-state index contributed by atoms with van der Waals surface area (Å²) < 4.78 is 7.17. The Bertz CT molecular complexity index is 978. The van der Waals surface area contributed by atoms with Gasteiger partial charge in [0, 0.05) is 30.2 Å². The lowest BCUT2D eigenvalue weighted by molar-refractivity contribution is 0.0663. The molecule has 0 spiro atoms. The minimum absolute atomic E-state index is 0.138. The maximum atomic E-state index is 13.3. The maximum absolute atomic E-state index is 13.3. The number of carbonyl (C=O) groups excluding carboxylic acids is 1. The molecule has 0 N–H and O–H groups in total. The molecule has 1 aliphatic heterocycles. The first-order chi connectivity index (χ1) is 13.5. The lowest BCUT2D eigenvalue weighted by Gasteiger charge is -2.29. The van der Waals surface area contributed by atoms with Crippen LogP contribution in [0.3, 0.4) is 0 Å². The SMILES string of the molecule is Cn1ncc(Cl)c1C1CCCCCN1C(=O)c1cc(-c2cccc(Cl)c2)on1. The standard InChI is InChI=1S/C20H20Cl2N4O2/c1-25-19(15(22)12-23-25)17-8-3-2-4-9-26(17)20(27)16-11-18(28-24-16)13-6-5-7-14(21)10-13/h5-7,10-12,17H,2-4,8-9H2,1H3. The van der Waals surface area contributed by atoms with Crippen molar-refractivity contribution in [2.24, 2.45) is 7.05 Å². The maximum Gasteiger partial charge on any atom is 0.276 e. The molecule has 0 radical (unpaired) electrons. The molecule has 0 saturated carbocycles. The summed E-state index contributed by atoms with van der Waals surface area (Å²) in [5.41, 5.74) is 1.91. The minimum atomic E-state index is -0.166. The molecule has 146 valence electrons. The Morgan fingerprint density at radius 3 is 2.82 bits per heavy atom. The van der Waals surface area contributed by atoms with Gasteiger partial charge in [0.05, 0.1) is 23.0 Å². The number of hydrogen-bond acceptors (Lipinski definition) is 4. The van der Waals surface area contributed by atoms with Crippen LogP contribution in [0.15, 0.2) is 41.1 Å². The molecule has 8 heteroatoms. The number of benzene rings is 1. The highest BCUT2D eigenvalue weighted by atomic mass is 35.5. The molecule has 1 aromatic carbocycles. The monoisotopic (exact) mass is 418 g/mol. The first-order valence-electron chi connectivity index (χ1n) is 9.25. The van der Waals surface area contributed by atoms with Gasteiger partial charge in [-0.25, -0.2) is 0 Å². The number of aromatic nitrogens is 3. The predicted octanol–water partition coefficient (Wildman–Crippen LogP) is 5.14. The van der Waals surface area contributed by atoms with Gasteiger partial charge in [-0.05, 0) is 25.0 Å². The summed E-state index contributed by atoms with van der Waals surface area (Å²) in [5.74, 6) is 0.344. The molecule has 1 saturated heterocycles. The molecular formula is C20H20Cl2N4O2. The van der Waals surface area contributed by atoms with Gasteiger partial charge in [-0.15, -0.1) is 0 Å². The van der Waals surface area contributed by atoms with Crippen molar-refractivity contribution in [2.45, 2.75) is 31.7 Å². The third-order valence-corrected chi connectivity index (χ3v) is 5.63. The summed E-state index contributed by atoms with van der Waals surface area (Å²) in [6, 6.07) is 8.79. The van der Waals surface area contributed by atoms with E-state index in [0.29, 0.717) is 22.4 Å². The molecule has 1 atom stereocenters. The quantitative estimate of drug-likeness (QED) is 0.590. The summed E-state index contributed by atoms with van der Waals surface area (Å²) in [5, 5.41) is 9.44. The van der Waals surface area contributed by atoms with E-state index in [0.717, 1.165) is 36.9 Å². The normalized spacial score (nSPS) is 17.5. The topological polar surface area (TPSA) is 64.2 Å². The van der Waals surface area contributed by atoms with Crippen molar-refractivity contribution < 1.29 is 9.32 Å². The highest BCUT2D eigenvalue weighted by molar-refractivity contribution is 6.31. The Labute approximate surface area is 173 Å². The van der Waals surface area contributed by atoms with Crippen molar-refractivity contribution in [3.8, 4) is 11.3 Å². The third-order valence-electron chi connectivity index (χ3n) is 5.11. The van der Waals surface area contributed by atoms with Crippen molar-refractivity contribution in [1.82, 2.24) is 19.8 Å². The molecule has 28 heavy (non-hydrogen) atoms. The van der Waals surface area contributed by atoms with Crippen molar-refractivity contribution in [1.29, 1.82) is 0 Å². The number of carbonyl (C=O) groups is 1. The van der Waals surface area contributed by atoms with Crippen LogP contribution in [0.1, 0.15) is 47.9 Å². The Kier molecular flexibility index (Phi) is 5.42. The van der Waals surface area contributed by atoms with Gasteiger partial charge >= 0.3 is 0 Å². The van der Waals surface area contributed by atoms with Crippen LogP contribution in [0.25, 0.3) is 11.3 Å². The van der Waals surface area contributed by atoms with Gasteiger partial charge < -0.3 is 9.42 Å². The van der Waals surface area contributed by atoms with Gasteiger partial charge in [-0.2, -0.15) is 5.10 Å². The van der Waals surface area contributed by atoms with Crippen molar-refractivity contribution in [3.05, 3.63) is 58.0 Å². The van der Waals surface area contributed by atoms with Gasteiger partial charge in [0.25, 0.3) is 5.91 Å². The molecule has 3 aromatic rings. The van der Waals surface area contributed by atoms with Gasteiger partial charge in [-0.3, -0.25) is 9.48 Å². The molecule has 1 aliphatic rings. The molecule has 2 aromatic heterocycles. The summed E-state index contributed by atoms with van der Waals surface area (Å²) >= 11 is 12.4. The summed E-state index contributed by atoms with van der Waals surface area (Å²) in [7, 11) is 1.85.